The molecule has 6 heteroatoms. The minimum absolute atomic E-state index is 0.0616. The van der Waals surface area contributed by atoms with E-state index in [1.165, 1.54) is 250 Å². The van der Waals surface area contributed by atoms with Crippen molar-refractivity contribution in [2.75, 3.05) is 13.2 Å². The standard InChI is InChI=1S/C62H120O6/c1-5-7-9-11-13-15-17-19-21-23-24-26-28-30-34-39-43-47-51-55-62(65)68-59(57-67-61(64)54-50-46-42-38-35-31-32-36-40-44-48-52-58(3)4)56-66-60(63)53-49-45-41-37-33-29-27-25-22-20-18-16-14-12-10-8-6-2/h58-59H,5-57H2,1-4H3/t59-/m1/s1. The molecular weight excluding hydrogens is 841 g/mol. The Morgan fingerprint density at radius 3 is 0.721 bits per heavy atom. The average Bonchev–Trinajstić information content (AvgIpc) is 3.32. The van der Waals surface area contributed by atoms with Crippen LogP contribution in [0.3, 0.4) is 0 Å². The molecular formula is C62H120O6. The fourth-order valence-electron chi connectivity index (χ4n) is 9.63. The van der Waals surface area contributed by atoms with E-state index in [9.17, 15) is 14.4 Å². The molecule has 0 fully saturated rings. The minimum Gasteiger partial charge on any atom is -0.462 e. The van der Waals surface area contributed by atoms with Crippen molar-refractivity contribution < 1.29 is 28.6 Å². The van der Waals surface area contributed by atoms with Gasteiger partial charge in [0.1, 0.15) is 13.2 Å². The molecule has 0 aliphatic heterocycles. The van der Waals surface area contributed by atoms with Gasteiger partial charge >= 0.3 is 17.9 Å². The van der Waals surface area contributed by atoms with Crippen molar-refractivity contribution in [2.45, 2.75) is 361 Å². The minimum atomic E-state index is -0.763. The number of ether oxygens (including phenoxy) is 3. The molecule has 0 saturated carbocycles. The van der Waals surface area contributed by atoms with Crippen LogP contribution in [0.15, 0.2) is 0 Å². The quantitative estimate of drug-likeness (QED) is 0.0343. The summed E-state index contributed by atoms with van der Waals surface area (Å²) in [5.41, 5.74) is 0. The first-order valence-corrected chi connectivity index (χ1v) is 30.9. The molecule has 68 heavy (non-hydrogen) atoms. The number of carbonyl (C=O) groups is 3. The number of unbranched alkanes of at least 4 members (excludes halogenated alkanes) is 44. The summed E-state index contributed by atoms with van der Waals surface area (Å²) in [6.45, 7) is 9.07. The molecule has 0 N–H and O–H groups in total. The zero-order valence-corrected chi connectivity index (χ0v) is 46.6. The van der Waals surface area contributed by atoms with Gasteiger partial charge in [-0.1, -0.05) is 317 Å². The second-order valence-corrected chi connectivity index (χ2v) is 21.8. The van der Waals surface area contributed by atoms with Crippen LogP contribution in [-0.2, 0) is 28.6 Å². The van der Waals surface area contributed by atoms with Crippen molar-refractivity contribution in [1.29, 1.82) is 0 Å². The summed E-state index contributed by atoms with van der Waals surface area (Å²) in [5, 5.41) is 0. The Balaban J connectivity index is 4.28. The second kappa shape index (κ2) is 56.3. The van der Waals surface area contributed by atoms with Crippen LogP contribution in [0.2, 0.25) is 0 Å². The lowest BCUT2D eigenvalue weighted by Crippen LogP contribution is -2.30. The fourth-order valence-corrected chi connectivity index (χ4v) is 9.63. The first-order valence-electron chi connectivity index (χ1n) is 30.9. The van der Waals surface area contributed by atoms with E-state index in [2.05, 4.69) is 27.7 Å². The highest BCUT2D eigenvalue weighted by Gasteiger charge is 2.19. The molecule has 1 atom stereocenters. The van der Waals surface area contributed by atoms with Gasteiger partial charge in [-0.15, -0.1) is 0 Å². The largest absolute Gasteiger partial charge is 0.462 e. The van der Waals surface area contributed by atoms with Crippen molar-refractivity contribution in [2.24, 2.45) is 5.92 Å². The normalized spacial score (nSPS) is 12.0. The molecule has 0 aromatic rings. The summed E-state index contributed by atoms with van der Waals surface area (Å²) < 4.78 is 16.9. The van der Waals surface area contributed by atoms with Gasteiger partial charge in [0.25, 0.3) is 0 Å². The van der Waals surface area contributed by atoms with Gasteiger partial charge < -0.3 is 14.2 Å². The molecule has 0 amide bonds. The van der Waals surface area contributed by atoms with E-state index in [0.29, 0.717) is 19.3 Å². The Labute approximate surface area is 425 Å². The van der Waals surface area contributed by atoms with Crippen LogP contribution in [-0.4, -0.2) is 37.2 Å². The Morgan fingerprint density at radius 1 is 0.279 bits per heavy atom. The fraction of sp³-hybridized carbons (Fsp3) is 0.952. The molecule has 0 saturated heterocycles. The van der Waals surface area contributed by atoms with Gasteiger partial charge in [0.05, 0.1) is 0 Å². The van der Waals surface area contributed by atoms with Crippen LogP contribution >= 0.6 is 0 Å². The predicted molar refractivity (Wildman–Crippen MR) is 293 cm³/mol. The van der Waals surface area contributed by atoms with Crippen LogP contribution in [0.1, 0.15) is 355 Å². The predicted octanol–water partition coefficient (Wildman–Crippen LogP) is 20.6. The smallest absolute Gasteiger partial charge is 0.306 e. The molecule has 0 bridgehead atoms. The molecule has 0 spiro atoms. The maximum Gasteiger partial charge on any atom is 0.306 e. The zero-order valence-electron chi connectivity index (χ0n) is 46.6. The summed E-state index contributed by atoms with van der Waals surface area (Å²) in [4.78, 5) is 38.2. The summed E-state index contributed by atoms with van der Waals surface area (Å²) in [7, 11) is 0. The molecule has 0 radical (unpaired) electrons. The van der Waals surface area contributed by atoms with Gasteiger partial charge in [-0.2, -0.15) is 0 Å². The Bertz CT molecular complexity index is 1030. The lowest BCUT2D eigenvalue weighted by atomic mass is 10.0. The van der Waals surface area contributed by atoms with Crippen LogP contribution in [0.5, 0.6) is 0 Å². The highest BCUT2D eigenvalue weighted by Crippen LogP contribution is 2.18. The van der Waals surface area contributed by atoms with Gasteiger partial charge in [-0.25, -0.2) is 0 Å². The van der Waals surface area contributed by atoms with E-state index in [0.717, 1.165) is 63.7 Å². The van der Waals surface area contributed by atoms with Gasteiger partial charge in [0.2, 0.25) is 0 Å². The van der Waals surface area contributed by atoms with Crippen molar-refractivity contribution >= 4 is 17.9 Å². The molecule has 0 aromatic carbocycles. The van der Waals surface area contributed by atoms with Crippen LogP contribution in [0, 0.1) is 5.92 Å². The Hall–Kier alpha value is -1.59. The highest BCUT2D eigenvalue weighted by atomic mass is 16.6. The van der Waals surface area contributed by atoms with E-state index < -0.39 is 6.10 Å². The third-order valence-corrected chi connectivity index (χ3v) is 14.3. The molecule has 0 heterocycles. The third kappa shape index (κ3) is 55.3. The van der Waals surface area contributed by atoms with E-state index in [1.807, 2.05) is 0 Å². The van der Waals surface area contributed by atoms with Gasteiger partial charge in [-0.3, -0.25) is 14.4 Å². The first kappa shape index (κ1) is 66.4. The molecule has 0 aromatic heterocycles. The van der Waals surface area contributed by atoms with E-state index >= 15 is 0 Å². The molecule has 0 aliphatic rings. The summed E-state index contributed by atoms with van der Waals surface area (Å²) in [5.74, 6) is -0.00441. The molecule has 0 aliphatic carbocycles. The molecule has 0 unspecified atom stereocenters. The van der Waals surface area contributed by atoms with Crippen molar-refractivity contribution in [1.82, 2.24) is 0 Å². The number of rotatable bonds is 57. The lowest BCUT2D eigenvalue weighted by molar-refractivity contribution is -0.167. The number of hydrogen-bond donors (Lipinski definition) is 0. The van der Waals surface area contributed by atoms with E-state index in [4.69, 9.17) is 14.2 Å². The summed E-state index contributed by atoms with van der Waals surface area (Å²) in [6.07, 6.45) is 62.4. The second-order valence-electron chi connectivity index (χ2n) is 21.8. The summed E-state index contributed by atoms with van der Waals surface area (Å²) >= 11 is 0. The van der Waals surface area contributed by atoms with E-state index in [-0.39, 0.29) is 31.1 Å². The zero-order chi connectivity index (χ0) is 49.5. The van der Waals surface area contributed by atoms with Crippen molar-refractivity contribution in [3.8, 4) is 0 Å². The number of hydrogen-bond acceptors (Lipinski definition) is 6. The lowest BCUT2D eigenvalue weighted by Gasteiger charge is -2.18. The van der Waals surface area contributed by atoms with E-state index in [1.54, 1.807) is 0 Å². The number of carbonyl (C=O) groups excluding carboxylic acids is 3. The first-order chi connectivity index (χ1) is 33.4. The molecule has 6 nitrogen and oxygen atoms in total. The van der Waals surface area contributed by atoms with Crippen molar-refractivity contribution in [3.05, 3.63) is 0 Å². The topological polar surface area (TPSA) is 78.9 Å². The monoisotopic (exact) mass is 961 g/mol. The maximum absolute atomic E-state index is 12.9. The summed E-state index contributed by atoms with van der Waals surface area (Å²) in [6, 6.07) is 0. The Kier molecular flexibility index (Phi) is 55.0. The van der Waals surface area contributed by atoms with Crippen LogP contribution in [0.4, 0.5) is 0 Å². The SMILES string of the molecule is CCCCCCCCCCCCCCCCCCCCCC(=O)O[C@H](COC(=O)CCCCCCCCCCCCCCCCCCC)COC(=O)CCCCCCCCCCCCCC(C)C. The molecule has 404 valence electrons. The van der Waals surface area contributed by atoms with Gasteiger partial charge in [0, 0.05) is 19.3 Å². The number of esters is 3. The van der Waals surface area contributed by atoms with Gasteiger partial charge in [-0.05, 0) is 25.2 Å². The Morgan fingerprint density at radius 2 is 0.485 bits per heavy atom. The highest BCUT2D eigenvalue weighted by molar-refractivity contribution is 5.71. The van der Waals surface area contributed by atoms with Crippen molar-refractivity contribution in [3.63, 3.8) is 0 Å². The van der Waals surface area contributed by atoms with Crippen LogP contribution < -0.4 is 0 Å². The molecule has 0 rings (SSSR count). The third-order valence-electron chi connectivity index (χ3n) is 14.3. The van der Waals surface area contributed by atoms with Crippen LogP contribution in [0.25, 0.3) is 0 Å². The average molecular weight is 962 g/mol. The maximum atomic E-state index is 12.9. The van der Waals surface area contributed by atoms with Gasteiger partial charge in [0.15, 0.2) is 6.10 Å².